The normalized spacial score (nSPS) is 13.2. The number of nitrogens with zero attached hydrogens (tertiary/aromatic N) is 2. The zero-order valence-corrected chi connectivity index (χ0v) is 20.9. The molecule has 0 spiro atoms. The Labute approximate surface area is 197 Å². The van der Waals surface area contributed by atoms with Gasteiger partial charge >= 0.3 is 6.18 Å². The van der Waals surface area contributed by atoms with E-state index in [9.17, 15) is 22.8 Å². The molecule has 2 amide bonds. The summed E-state index contributed by atoms with van der Waals surface area (Å²) < 4.78 is 43.5. The molecule has 1 aromatic heterocycles. The molecule has 0 saturated carbocycles. The first kappa shape index (κ1) is 26.8. The molecular weight excluding hydrogens is 455 g/mol. The monoisotopic (exact) mass is 485 g/mol. The summed E-state index contributed by atoms with van der Waals surface area (Å²) in [7, 11) is 1.42. The zero-order valence-electron chi connectivity index (χ0n) is 20.2. The van der Waals surface area contributed by atoms with Crippen molar-refractivity contribution in [1.29, 1.82) is 0 Å². The summed E-state index contributed by atoms with van der Waals surface area (Å²) >= 11 is 5.98. The first-order valence-corrected chi connectivity index (χ1v) is 11.0. The lowest BCUT2D eigenvalue weighted by molar-refractivity contribution is -0.144. The first-order chi connectivity index (χ1) is 15.0. The third-order valence-corrected chi connectivity index (χ3v) is 5.60. The Morgan fingerprint density at radius 3 is 2.00 bits per heavy atom. The second-order valence-corrected chi connectivity index (χ2v) is 9.93. The van der Waals surface area contributed by atoms with Crippen molar-refractivity contribution in [2.24, 2.45) is 0 Å². The number of hydrogen-bond donors (Lipinski definition) is 1. The van der Waals surface area contributed by atoms with Gasteiger partial charge in [-0.15, -0.1) is 0 Å². The minimum absolute atomic E-state index is 0.0536. The fraction of sp³-hybridized carbons (Fsp3) is 0.500. The van der Waals surface area contributed by atoms with Crippen LogP contribution in [-0.4, -0.2) is 39.9 Å². The third kappa shape index (κ3) is 5.72. The van der Waals surface area contributed by atoms with Crippen LogP contribution in [0.2, 0.25) is 5.02 Å². The van der Waals surface area contributed by atoms with Gasteiger partial charge in [0.15, 0.2) is 0 Å². The minimum atomic E-state index is -4.68. The molecule has 0 aliphatic carbocycles. The lowest BCUT2D eigenvalue weighted by atomic mass is 10.00. The van der Waals surface area contributed by atoms with Crippen LogP contribution in [0.25, 0.3) is 11.1 Å². The van der Waals surface area contributed by atoms with Crippen LogP contribution in [0.1, 0.15) is 69.3 Å². The Hall–Kier alpha value is -2.48. The van der Waals surface area contributed by atoms with E-state index in [0.717, 1.165) is 4.57 Å². The standard InChI is InChI=1S/C24H31ClF3N3O2/c1-13(2)31-19(22(33)30(8)15(4)21(32)29-23(5,6)7)18(14(3)20(31)24(26,27)28)16-9-11-17(25)12-10-16/h9-13,15H,1-8H3,(H,29,32). The number of aromatic nitrogens is 1. The number of rotatable bonds is 5. The highest BCUT2D eigenvalue weighted by atomic mass is 35.5. The van der Waals surface area contributed by atoms with E-state index in [1.807, 2.05) is 0 Å². The highest BCUT2D eigenvalue weighted by Gasteiger charge is 2.42. The molecule has 0 bridgehead atoms. The average molecular weight is 486 g/mol. The molecule has 0 saturated heterocycles. The molecule has 0 aliphatic heterocycles. The van der Waals surface area contributed by atoms with E-state index in [-0.39, 0.29) is 16.8 Å². The highest BCUT2D eigenvalue weighted by Crippen LogP contribution is 2.43. The molecule has 0 radical (unpaired) electrons. The van der Waals surface area contributed by atoms with Crippen molar-refractivity contribution >= 4 is 23.4 Å². The van der Waals surface area contributed by atoms with Crippen molar-refractivity contribution in [1.82, 2.24) is 14.8 Å². The average Bonchev–Trinajstić information content (AvgIpc) is 2.99. The van der Waals surface area contributed by atoms with Gasteiger partial charge in [-0.25, -0.2) is 0 Å². The van der Waals surface area contributed by atoms with Crippen molar-refractivity contribution in [2.45, 2.75) is 72.3 Å². The van der Waals surface area contributed by atoms with Crippen LogP contribution < -0.4 is 5.32 Å². The Morgan fingerprint density at radius 1 is 1.06 bits per heavy atom. The van der Waals surface area contributed by atoms with Crippen LogP contribution in [0, 0.1) is 6.92 Å². The summed E-state index contributed by atoms with van der Waals surface area (Å²) in [6.07, 6.45) is -4.68. The van der Waals surface area contributed by atoms with Crippen LogP contribution >= 0.6 is 11.6 Å². The molecule has 1 unspecified atom stereocenters. The van der Waals surface area contributed by atoms with Gasteiger partial charge in [0.1, 0.15) is 17.4 Å². The van der Waals surface area contributed by atoms with Crippen molar-refractivity contribution in [3.05, 3.63) is 46.2 Å². The Bertz CT molecular complexity index is 1040. The molecule has 9 heteroatoms. The summed E-state index contributed by atoms with van der Waals surface area (Å²) in [5.74, 6) is -1.08. The lowest BCUT2D eigenvalue weighted by Crippen LogP contribution is -2.51. The molecule has 0 aliphatic rings. The van der Waals surface area contributed by atoms with Gasteiger partial charge < -0.3 is 14.8 Å². The Balaban J connectivity index is 2.75. The summed E-state index contributed by atoms with van der Waals surface area (Å²) in [4.78, 5) is 27.5. The van der Waals surface area contributed by atoms with E-state index in [1.165, 1.54) is 18.9 Å². The number of carbonyl (C=O) groups is 2. The molecule has 1 aromatic carbocycles. The van der Waals surface area contributed by atoms with Gasteiger partial charge in [0.05, 0.1) is 0 Å². The number of likely N-dealkylation sites (N-methyl/N-ethyl adjacent to an activating group) is 1. The van der Waals surface area contributed by atoms with Gasteiger partial charge in [0, 0.05) is 29.2 Å². The topological polar surface area (TPSA) is 54.3 Å². The molecule has 2 aromatic rings. The number of carbonyl (C=O) groups excluding carboxylic acids is 2. The predicted molar refractivity (Wildman–Crippen MR) is 124 cm³/mol. The fourth-order valence-corrected chi connectivity index (χ4v) is 3.87. The second kappa shape index (κ2) is 9.41. The molecule has 2 rings (SSSR count). The van der Waals surface area contributed by atoms with Crippen molar-refractivity contribution in [3.63, 3.8) is 0 Å². The molecule has 1 heterocycles. The number of amides is 2. The van der Waals surface area contributed by atoms with E-state index in [1.54, 1.807) is 65.8 Å². The van der Waals surface area contributed by atoms with Crippen LogP contribution in [0.5, 0.6) is 0 Å². The van der Waals surface area contributed by atoms with Crippen LogP contribution in [0.4, 0.5) is 13.2 Å². The van der Waals surface area contributed by atoms with Gasteiger partial charge in [0.2, 0.25) is 5.91 Å². The number of nitrogens with one attached hydrogen (secondary N) is 1. The van der Waals surface area contributed by atoms with Crippen molar-refractivity contribution < 1.29 is 22.8 Å². The summed E-state index contributed by atoms with van der Waals surface area (Å²) in [5, 5.41) is 3.23. The molecular formula is C24H31ClF3N3O2. The van der Waals surface area contributed by atoms with Crippen molar-refractivity contribution in [3.8, 4) is 11.1 Å². The quantitative estimate of drug-likeness (QED) is 0.557. The molecule has 1 N–H and O–H groups in total. The molecule has 1 atom stereocenters. The maximum Gasteiger partial charge on any atom is 0.431 e. The van der Waals surface area contributed by atoms with E-state index in [2.05, 4.69) is 5.32 Å². The summed E-state index contributed by atoms with van der Waals surface area (Å²) in [5.41, 5.74) is -0.969. The molecule has 5 nitrogen and oxygen atoms in total. The van der Waals surface area contributed by atoms with E-state index < -0.39 is 41.3 Å². The molecule has 33 heavy (non-hydrogen) atoms. The largest absolute Gasteiger partial charge is 0.431 e. The van der Waals surface area contributed by atoms with Gasteiger partial charge in [-0.2, -0.15) is 13.2 Å². The van der Waals surface area contributed by atoms with Crippen LogP contribution in [-0.2, 0) is 11.0 Å². The zero-order chi connectivity index (χ0) is 25.5. The van der Waals surface area contributed by atoms with Gasteiger partial charge in [-0.3, -0.25) is 9.59 Å². The SMILES string of the molecule is Cc1c(-c2ccc(Cl)cc2)c(C(=O)N(C)C(C)C(=O)NC(C)(C)C)n(C(C)C)c1C(F)(F)F. The van der Waals surface area contributed by atoms with Gasteiger partial charge in [0.25, 0.3) is 5.91 Å². The lowest BCUT2D eigenvalue weighted by Gasteiger charge is -2.29. The van der Waals surface area contributed by atoms with E-state index in [0.29, 0.717) is 10.6 Å². The summed E-state index contributed by atoms with van der Waals surface area (Å²) in [6, 6.07) is 4.73. The Kier molecular flexibility index (Phi) is 7.63. The number of halogens is 4. The Morgan fingerprint density at radius 2 is 1.58 bits per heavy atom. The van der Waals surface area contributed by atoms with Gasteiger partial charge in [-0.05, 0) is 71.7 Å². The molecule has 0 fully saturated rings. The molecule has 182 valence electrons. The highest BCUT2D eigenvalue weighted by molar-refractivity contribution is 6.30. The van der Waals surface area contributed by atoms with E-state index in [4.69, 9.17) is 11.6 Å². The smallest absolute Gasteiger partial charge is 0.350 e. The third-order valence-electron chi connectivity index (χ3n) is 5.35. The number of alkyl halides is 3. The fourth-order valence-electron chi connectivity index (χ4n) is 3.75. The van der Waals surface area contributed by atoms with Crippen LogP contribution in [0.3, 0.4) is 0 Å². The van der Waals surface area contributed by atoms with Crippen LogP contribution in [0.15, 0.2) is 24.3 Å². The maximum absolute atomic E-state index is 14.1. The predicted octanol–water partition coefficient (Wildman–Crippen LogP) is 6.09. The van der Waals surface area contributed by atoms with Gasteiger partial charge in [-0.1, -0.05) is 23.7 Å². The van der Waals surface area contributed by atoms with Crippen molar-refractivity contribution in [2.75, 3.05) is 7.05 Å². The number of hydrogen-bond acceptors (Lipinski definition) is 2. The number of benzene rings is 1. The second-order valence-electron chi connectivity index (χ2n) is 9.50. The minimum Gasteiger partial charge on any atom is -0.350 e. The van der Waals surface area contributed by atoms with E-state index >= 15 is 0 Å². The summed E-state index contributed by atoms with van der Waals surface area (Å²) in [6.45, 7) is 11.5. The first-order valence-electron chi connectivity index (χ1n) is 10.6. The maximum atomic E-state index is 14.1.